The molecule has 2 aliphatic rings. The lowest BCUT2D eigenvalue weighted by Gasteiger charge is -2.11. The molecule has 130 valence electrons. The quantitative estimate of drug-likeness (QED) is 0.791. The molecule has 4 heterocycles. The van der Waals surface area contributed by atoms with Gasteiger partial charge in [0.15, 0.2) is 6.23 Å². The Bertz CT molecular complexity index is 970. The van der Waals surface area contributed by atoms with Gasteiger partial charge in [-0.05, 0) is 37.1 Å². The summed E-state index contributed by atoms with van der Waals surface area (Å²) in [5.74, 6) is -0.268. The van der Waals surface area contributed by atoms with Crippen LogP contribution in [-0.2, 0) is 4.79 Å². The van der Waals surface area contributed by atoms with Crippen LogP contribution < -0.4 is 10.6 Å². The molecule has 1 atom stereocenters. The summed E-state index contributed by atoms with van der Waals surface area (Å²) in [5.41, 5.74) is 5.21. The summed E-state index contributed by atoms with van der Waals surface area (Å²) in [6, 6.07) is 7.49. The number of pyridine rings is 2. The monoisotopic (exact) mass is 346 g/mol. The zero-order valence-corrected chi connectivity index (χ0v) is 14.4. The van der Waals surface area contributed by atoms with Crippen molar-refractivity contribution < 1.29 is 9.90 Å². The highest BCUT2D eigenvalue weighted by Gasteiger charge is 2.41. The number of carbonyl (C=O) groups excluding carboxylic acids is 1. The predicted molar refractivity (Wildman–Crippen MR) is 99.0 cm³/mol. The van der Waals surface area contributed by atoms with Gasteiger partial charge in [0.25, 0.3) is 5.91 Å². The van der Waals surface area contributed by atoms with Crippen molar-refractivity contribution >= 4 is 23.4 Å². The lowest BCUT2D eigenvalue weighted by atomic mass is 10.0. The molecule has 6 heteroatoms. The lowest BCUT2D eigenvalue weighted by Crippen LogP contribution is -2.25. The fourth-order valence-corrected chi connectivity index (χ4v) is 3.16. The molecule has 2 aromatic rings. The minimum atomic E-state index is -0.992. The van der Waals surface area contributed by atoms with Gasteiger partial charge in [-0.3, -0.25) is 14.8 Å². The molecule has 0 spiro atoms. The highest BCUT2D eigenvalue weighted by atomic mass is 16.3. The van der Waals surface area contributed by atoms with Crippen molar-refractivity contribution in [1.82, 2.24) is 20.6 Å². The van der Waals surface area contributed by atoms with E-state index in [9.17, 15) is 9.90 Å². The number of nitrogens with zero attached hydrogens (tertiary/aromatic N) is 2. The summed E-state index contributed by atoms with van der Waals surface area (Å²) in [5, 5.41) is 16.3. The Balaban J connectivity index is 1.81. The molecule has 1 unspecified atom stereocenters. The fourth-order valence-electron chi connectivity index (χ4n) is 3.16. The molecule has 2 aliphatic heterocycles. The number of rotatable bonds is 3. The number of nitrogens with one attached hydrogen (secondary N) is 2. The highest BCUT2D eigenvalue weighted by Crippen LogP contribution is 2.38. The van der Waals surface area contributed by atoms with Crippen LogP contribution in [0.5, 0.6) is 0 Å². The van der Waals surface area contributed by atoms with Crippen molar-refractivity contribution in [2.24, 2.45) is 0 Å². The number of aliphatic hydroxyl groups is 1. The van der Waals surface area contributed by atoms with E-state index in [-0.39, 0.29) is 5.91 Å². The minimum Gasteiger partial charge on any atom is -0.369 e. The molecule has 3 N–H and O–H groups in total. The van der Waals surface area contributed by atoms with Crippen molar-refractivity contribution in [3.8, 4) is 0 Å². The van der Waals surface area contributed by atoms with Crippen LogP contribution in [0, 0.1) is 6.92 Å². The summed E-state index contributed by atoms with van der Waals surface area (Å²) < 4.78 is 0. The minimum absolute atomic E-state index is 0.268. The van der Waals surface area contributed by atoms with Crippen LogP contribution in [0.15, 0.2) is 53.9 Å². The maximum Gasteiger partial charge on any atom is 0.258 e. The highest BCUT2D eigenvalue weighted by molar-refractivity contribution is 6.16. The molecular formula is C20H18N4O2. The molecule has 6 nitrogen and oxygen atoms in total. The summed E-state index contributed by atoms with van der Waals surface area (Å²) in [6.07, 6.45) is 6.35. The molecule has 0 aromatic carbocycles. The second kappa shape index (κ2) is 6.24. The van der Waals surface area contributed by atoms with Gasteiger partial charge in [0.2, 0.25) is 0 Å². The van der Waals surface area contributed by atoms with E-state index < -0.39 is 6.23 Å². The molecule has 0 radical (unpaired) electrons. The van der Waals surface area contributed by atoms with E-state index in [1.54, 1.807) is 12.4 Å². The molecule has 0 saturated carbocycles. The smallest absolute Gasteiger partial charge is 0.258 e. The molecule has 4 rings (SSSR count). The normalized spacial score (nSPS) is 19.2. The summed E-state index contributed by atoms with van der Waals surface area (Å²) >= 11 is 0. The van der Waals surface area contributed by atoms with Crippen LogP contribution in [0.1, 0.15) is 29.4 Å². The predicted octanol–water partition coefficient (Wildman–Crippen LogP) is 1.99. The Morgan fingerprint density at radius 1 is 1.08 bits per heavy atom. The molecule has 0 saturated heterocycles. The number of hydrogen-bond acceptors (Lipinski definition) is 5. The van der Waals surface area contributed by atoms with Crippen LogP contribution >= 0.6 is 0 Å². The average Bonchev–Trinajstić information content (AvgIpc) is 3.16. The summed E-state index contributed by atoms with van der Waals surface area (Å²) in [6.45, 7) is 3.88. The Kier molecular flexibility index (Phi) is 3.89. The Morgan fingerprint density at radius 2 is 1.81 bits per heavy atom. The molecule has 0 bridgehead atoms. The lowest BCUT2D eigenvalue weighted by molar-refractivity contribution is -0.115. The third kappa shape index (κ3) is 2.60. The molecule has 0 fully saturated rings. The van der Waals surface area contributed by atoms with Crippen LogP contribution in [0.25, 0.3) is 17.5 Å². The van der Waals surface area contributed by atoms with Crippen LogP contribution in [0.4, 0.5) is 0 Å². The SMILES string of the molecule is C/C=C/c1ccc(C2=C3C(=O)NC(c4ccc(C)cn4)=C3C(O)N2)nc1. The van der Waals surface area contributed by atoms with E-state index in [1.807, 2.05) is 50.3 Å². The van der Waals surface area contributed by atoms with Gasteiger partial charge in [0, 0.05) is 18.0 Å². The standard InChI is InChI=1S/C20H18N4O2/c1-3-4-12-6-8-14(22-10-12)18-16-15(19(25)24-18)17(23-20(16)26)13-7-5-11(2)9-21-13/h3-10,19,24-25H,1-2H3,(H,23,26)/b4-3+. The first-order valence-corrected chi connectivity index (χ1v) is 8.35. The van der Waals surface area contributed by atoms with Gasteiger partial charge >= 0.3 is 0 Å². The second-order valence-corrected chi connectivity index (χ2v) is 6.24. The Labute approximate surface area is 151 Å². The van der Waals surface area contributed by atoms with E-state index >= 15 is 0 Å². The van der Waals surface area contributed by atoms with Gasteiger partial charge in [-0.1, -0.05) is 24.3 Å². The summed E-state index contributed by atoms with van der Waals surface area (Å²) in [4.78, 5) is 21.4. The topological polar surface area (TPSA) is 87.1 Å². The van der Waals surface area contributed by atoms with Crippen molar-refractivity contribution in [3.63, 3.8) is 0 Å². The van der Waals surface area contributed by atoms with Crippen molar-refractivity contribution in [2.45, 2.75) is 20.1 Å². The van der Waals surface area contributed by atoms with E-state index in [1.165, 1.54) is 0 Å². The molecule has 0 aliphatic carbocycles. The van der Waals surface area contributed by atoms with E-state index in [0.717, 1.165) is 11.1 Å². The van der Waals surface area contributed by atoms with E-state index in [4.69, 9.17) is 0 Å². The number of carbonyl (C=O) groups is 1. The number of amides is 1. The maximum atomic E-state index is 12.6. The molecule has 2 aromatic heterocycles. The Morgan fingerprint density at radius 3 is 2.46 bits per heavy atom. The number of fused-ring (bicyclic) bond motifs is 1. The first kappa shape index (κ1) is 16.2. The zero-order valence-electron chi connectivity index (χ0n) is 14.4. The number of aryl methyl sites for hydroxylation is 1. The fraction of sp³-hybridized carbons (Fsp3) is 0.150. The van der Waals surface area contributed by atoms with Crippen molar-refractivity contribution in [2.75, 3.05) is 0 Å². The average molecular weight is 346 g/mol. The van der Waals surface area contributed by atoms with Gasteiger partial charge in [-0.15, -0.1) is 0 Å². The first-order chi connectivity index (χ1) is 12.6. The second-order valence-electron chi connectivity index (χ2n) is 6.24. The molecule has 26 heavy (non-hydrogen) atoms. The van der Waals surface area contributed by atoms with Gasteiger partial charge in [-0.2, -0.15) is 0 Å². The zero-order chi connectivity index (χ0) is 18.3. The number of aromatic nitrogens is 2. The van der Waals surface area contributed by atoms with Gasteiger partial charge in [-0.25, -0.2) is 0 Å². The number of aliphatic hydroxyl groups excluding tert-OH is 1. The van der Waals surface area contributed by atoms with E-state index in [2.05, 4.69) is 20.6 Å². The van der Waals surface area contributed by atoms with Crippen LogP contribution in [-0.4, -0.2) is 27.2 Å². The van der Waals surface area contributed by atoms with Crippen LogP contribution in [0.3, 0.4) is 0 Å². The third-order valence-corrected chi connectivity index (χ3v) is 4.38. The van der Waals surface area contributed by atoms with Gasteiger partial charge < -0.3 is 15.7 Å². The van der Waals surface area contributed by atoms with E-state index in [0.29, 0.717) is 33.9 Å². The first-order valence-electron chi connectivity index (χ1n) is 8.35. The molecular weight excluding hydrogens is 328 g/mol. The maximum absolute atomic E-state index is 12.6. The van der Waals surface area contributed by atoms with Crippen molar-refractivity contribution in [3.05, 3.63) is 76.4 Å². The van der Waals surface area contributed by atoms with Crippen molar-refractivity contribution in [1.29, 1.82) is 0 Å². The number of allylic oxidation sites excluding steroid dienone is 1. The number of hydrogen-bond donors (Lipinski definition) is 3. The van der Waals surface area contributed by atoms with Gasteiger partial charge in [0.05, 0.1) is 28.4 Å². The Hall–Kier alpha value is -3.25. The van der Waals surface area contributed by atoms with Crippen LogP contribution in [0.2, 0.25) is 0 Å². The largest absolute Gasteiger partial charge is 0.369 e. The van der Waals surface area contributed by atoms with Gasteiger partial charge in [0.1, 0.15) is 0 Å². The summed E-state index contributed by atoms with van der Waals surface area (Å²) in [7, 11) is 0. The third-order valence-electron chi connectivity index (χ3n) is 4.38. The molecule has 1 amide bonds.